The third-order valence-corrected chi connectivity index (χ3v) is 6.26. The minimum atomic E-state index is -2.98. The van der Waals surface area contributed by atoms with Gasteiger partial charge in [0.15, 0.2) is 15.4 Å². The molecule has 0 amide bonds. The van der Waals surface area contributed by atoms with Crippen molar-refractivity contribution < 1.29 is 12.8 Å². The van der Waals surface area contributed by atoms with Gasteiger partial charge >= 0.3 is 5.76 Å². The molecule has 2 aromatic rings. The number of benzene rings is 1. The fraction of sp³-hybridized carbons (Fsp3) is 0.562. The molecule has 1 aliphatic rings. The van der Waals surface area contributed by atoms with E-state index >= 15 is 0 Å². The first-order chi connectivity index (χ1) is 11.2. The summed E-state index contributed by atoms with van der Waals surface area (Å²) in [6.07, 6.45) is 0.603. The van der Waals surface area contributed by atoms with Crippen molar-refractivity contribution in [3.05, 3.63) is 33.8 Å². The Kier molecular flexibility index (Phi) is 4.77. The Morgan fingerprint density at radius 1 is 1.42 bits per heavy atom. The zero-order valence-corrected chi connectivity index (χ0v) is 15.3. The van der Waals surface area contributed by atoms with E-state index in [0.29, 0.717) is 41.7 Å². The normalized spacial score (nSPS) is 20.5. The average Bonchev–Trinajstić information content (AvgIpc) is 2.97. The van der Waals surface area contributed by atoms with Crippen molar-refractivity contribution >= 4 is 32.5 Å². The predicted molar refractivity (Wildman–Crippen MR) is 94.1 cm³/mol. The van der Waals surface area contributed by atoms with E-state index in [-0.39, 0.29) is 17.5 Å². The van der Waals surface area contributed by atoms with Crippen LogP contribution >= 0.6 is 11.6 Å². The molecule has 2 heterocycles. The quantitative estimate of drug-likeness (QED) is 0.805. The largest absolute Gasteiger partial charge is 0.421 e. The van der Waals surface area contributed by atoms with Crippen molar-refractivity contribution in [2.75, 3.05) is 18.1 Å². The number of sulfone groups is 1. The molecule has 1 aromatic carbocycles. The van der Waals surface area contributed by atoms with Crippen molar-refractivity contribution in [1.82, 2.24) is 9.47 Å². The maximum Gasteiger partial charge on any atom is 0.421 e. The molecule has 1 saturated heterocycles. The van der Waals surface area contributed by atoms with Crippen molar-refractivity contribution in [3.8, 4) is 0 Å². The van der Waals surface area contributed by atoms with E-state index in [9.17, 15) is 13.2 Å². The first-order valence-electron chi connectivity index (χ1n) is 7.98. The molecule has 3 rings (SSSR count). The summed E-state index contributed by atoms with van der Waals surface area (Å²) in [6.45, 7) is 5.18. The van der Waals surface area contributed by atoms with Crippen LogP contribution in [0, 0.1) is 5.92 Å². The first-order valence-corrected chi connectivity index (χ1v) is 10.2. The lowest BCUT2D eigenvalue weighted by Gasteiger charge is -2.29. The monoisotopic (exact) mass is 372 g/mol. The summed E-state index contributed by atoms with van der Waals surface area (Å²) in [7, 11) is -2.98. The number of rotatable bonds is 5. The standard InChI is InChI=1S/C16H21ClN2O4S/c1-11(2)8-18(13-5-6-24(21,22)9-13)10-19-14-4-3-12(17)7-15(14)23-16(19)20/h3-4,7,11,13H,5-6,8-10H2,1-2H3/t13-/m0/s1. The molecule has 6 nitrogen and oxygen atoms in total. The number of aromatic nitrogens is 1. The molecule has 8 heteroatoms. The molecule has 1 aromatic heterocycles. The van der Waals surface area contributed by atoms with Gasteiger partial charge in [-0.05, 0) is 24.5 Å². The third kappa shape index (κ3) is 3.68. The molecular weight excluding hydrogens is 352 g/mol. The lowest BCUT2D eigenvalue weighted by Crippen LogP contribution is -2.41. The molecule has 1 atom stereocenters. The summed E-state index contributed by atoms with van der Waals surface area (Å²) >= 11 is 5.94. The number of hydrogen-bond acceptors (Lipinski definition) is 5. The number of halogens is 1. The van der Waals surface area contributed by atoms with Crippen LogP contribution in [0.4, 0.5) is 0 Å². The zero-order chi connectivity index (χ0) is 17.5. The SMILES string of the molecule is CC(C)CN(Cn1c(=O)oc2cc(Cl)ccc21)[C@H]1CCS(=O)(=O)C1. The summed E-state index contributed by atoms with van der Waals surface area (Å²) in [4.78, 5) is 14.3. The highest BCUT2D eigenvalue weighted by Crippen LogP contribution is 2.22. The number of nitrogens with zero attached hydrogens (tertiary/aromatic N) is 2. The number of hydrogen-bond donors (Lipinski definition) is 0. The summed E-state index contributed by atoms with van der Waals surface area (Å²) in [5, 5.41) is 0.504. The smallest absolute Gasteiger partial charge is 0.408 e. The fourth-order valence-electron chi connectivity index (χ4n) is 3.21. The van der Waals surface area contributed by atoms with Gasteiger partial charge in [-0.2, -0.15) is 0 Å². The van der Waals surface area contributed by atoms with Crippen LogP contribution < -0.4 is 5.76 Å². The van der Waals surface area contributed by atoms with Gasteiger partial charge in [-0.3, -0.25) is 9.47 Å². The van der Waals surface area contributed by atoms with Crippen molar-refractivity contribution in [3.63, 3.8) is 0 Å². The van der Waals surface area contributed by atoms with E-state index in [0.717, 1.165) is 0 Å². The van der Waals surface area contributed by atoms with Gasteiger partial charge in [-0.15, -0.1) is 0 Å². The lowest BCUT2D eigenvalue weighted by atomic mass is 10.1. The Morgan fingerprint density at radius 2 is 2.17 bits per heavy atom. The van der Waals surface area contributed by atoms with Gasteiger partial charge in [0.1, 0.15) is 0 Å². The second kappa shape index (κ2) is 6.54. The first kappa shape index (κ1) is 17.5. The Balaban J connectivity index is 1.93. The highest BCUT2D eigenvalue weighted by molar-refractivity contribution is 7.91. The van der Waals surface area contributed by atoms with E-state index in [1.165, 1.54) is 0 Å². The van der Waals surface area contributed by atoms with E-state index < -0.39 is 15.6 Å². The van der Waals surface area contributed by atoms with Crippen LogP contribution in [0.1, 0.15) is 20.3 Å². The number of oxazole rings is 1. The van der Waals surface area contributed by atoms with Gasteiger partial charge < -0.3 is 4.42 Å². The minimum absolute atomic E-state index is 0.0680. The van der Waals surface area contributed by atoms with E-state index in [2.05, 4.69) is 18.7 Å². The van der Waals surface area contributed by atoms with E-state index in [4.69, 9.17) is 16.0 Å². The van der Waals surface area contributed by atoms with Crippen LogP contribution in [-0.4, -0.2) is 42.0 Å². The molecule has 0 radical (unpaired) electrons. The van der Waals surface area contributed by atoms with Crippen LogP contribution in [0.25, 0.3) is 11.1 Å². The predicted octanol–water partition coefficient (Wildman–Crippen LogP) is 2.35. The lowest BCUT2D eigenvalue weighted by molar-refractivity contribution is 0.143. The van der Waals surface area contributed by atoms with Crippen LogP contribution in [0.5, 0.6) is 0 Å². The summed E-state index contributed by atoms with van der Waals surface area (Å²) in [6, 6.07) is 5.01. The van der Waals surface area contributed by atoms with Crippen LogP contribution in [0.3, 0.4) is 0 Å². The molecule has 0 unspecified atom stereocenters. The van der Waals surface area contributed by atoms with Crippen LogP contribution in [0.2, 0.25) is 5.02 Å². The molecular formula is C16H21ClN2O4S. The second-order valence-electron chi connectivity index (χ2n) is 6.77. The summed E-state index contributed by atoms with van der Waals surface area (Å²) < 4.78 is 30.5. The zero-order valence-electron chi connectivity index (χ0n) is 13.7. The Labute approximate surface area is 145 Å². The Hall–Kier alpha value is -1.31. The summed E-state index contributed by atoms with van der Waals surface area (Å²) in [5.74, 6) is 0.261. The highest BCUT2D eigenvalue weighted by atomic mass is 35.5. The highest BCUT2D eigenvalue weighted by Gasteiger charge is 2.33. The van der Waals surface area contributed by atoms with Gasteiger partial charge in [0, 0.05) is 23.7 Å². The van der Waals surface area contributed by atoms with Crippen molar-refractivity contribution in [1.29, 1.82) is 0 Å². The molecule has 132 valence electrons. The molecule has 1 fully saturated rings. The molecule has 0 aliphatic carbocycles. The second-order valence-corrected chi connectivity index (χ2v) is 9.44. The maximum atomic E-state index is 12.2. The molecule has 0 bridgehead atoms. The molecule has 0 N–H and O–H groups in total. The maximum absolute atomic E-state index is 12.2. The van der Waals surface area contributed by atoms with E-state index in [1.807, 2.05) is 0 Å². The van der Waals surface area contributed by atoms with Gasteiger partial charge in [-0.1, -0.05) is 25.4 Å². The number of fused-ring (bicyclic) bond motifs is 1. The third-order valence-electron chi connectivity index (χ3n) is 4.28. The Bertz CT molecular complexity index is 900. The van der Waals surface area contributed by atoms with Crippen molar-refractivity contribution in [2.45, 2.75) is 33.0 Å². The van der Waals surface area contributed by atoms with Crippen LogP contribution in [0.15, 0.2) is 27.4 Å². The minimum Gasteiger partial charge on any atom is -0.408 e. The van der Waals surface area contributed by atoms with Gasteiger partial charge in [0.2, 0.25) is 0 Å². The van der Waals surface area contributed by atoms with Gasteiger partial charge in [0.05, 0.1) is 23.7 Å². The Morgan fingerprint density at radius 3 is 2.79 bits per heavy atom. The molecule has 24 heavy (non-hydrogen) atoms. The van der Waals surface area contributed by atoms with Gasteiger partial charge in [0.25, 0.3) is 0 Å². The van der Waals surface area contributed by atoms with E-state index in [1.54, 1.807) is 22.8 Å². The average molecular weight is 373 g/mol. The van der Waals surface area contributed by atoms with Gasteiger partial charge in [-0.25, -0.2) is 13.2 Å². The molecule has 1 aliphatic heterocycles. The summed E-state index contributed by atoms with van der Waals surface area (Å²) in [5.41, 5.74) is 1.11. The van der Waals surface area contributed by atoms with Crippen LogP contribution in [-0.2, 0) is 16.5 Å². The fourth-order valence-corrected chi connectivity index (χ4v) is 5.13. The topological polar surface area (TPSA) is 72.5 Å². The molecule has 0 spiro atoms. The van der Waals surface area contributed by atoms with Crippen molar-refractivity contribution in [2.24, 2.45) is 5.92 Å². The molecule has 0 saturated carbocycles.